The lowest BCUT2D eigenvalue weighted by Gasteiger charge is -1.94. The summed E-state index contributed by atoms with van der Waals surface area (Å²) < 4.78 is 0. The Kier molecular flexibility index (Phi) is 6.70. The first-order valence-electron chi connectivity index (χ1n) is 4.06. The summed E-state index contributed by atoms with van der Waals surface area (Å²) in [6.07, 6.45) is 10.7. The van der Waals surface area contributed by atoms with Crippen LogP contribution in [0.4, 0.5) is 0 Å². The highest BCUT2D eigenvalue weighted by Gasteiger charge is 1.84. The average Bonchev–Trinajstić information content (AvgIpc) is 1.96. The highest BCUT2D eigenvalue weighted by molar-refractivity contribution is 5.71. The molecule has 0 aliphatic heterocycles. The van der Waals surface area contributed by atoms with E-state index in [4.69, 9.17) is 0 Å². The minimum atomic E-state index is 0.737. The molecule has 0 rings (SSSR count). The largest absolute Gasteiger partial charge is 0.265 e. The Morgan fingerprint density at radius 1 is 1.36 bits per heavy atom. The van der Waals surface area contributed by atoms with Gasteiger partial charge in [-0.1, -0.05) is 26.0 Å². The van der Waals surface area contributed by atoms with E-state index in [0.717, 1.165) is 12.3 Å². The van der Waals surface area contributed by atoms with E-state index in [1.54, 1.807) is 6.20 Å². The van der Waals surface area contributed by atoms with Crippen molar-refractivity contribution in [2.24, 2.45) is 10.9 Å². The van der Waals surface area contributed by atoms with E-state index < -0.39 is 0 Å². The predicted octanol–water partition coefficient (Wildman–Crippen LogP) is 3.19. The van der Waals surface area contributed by atoms with Crippen LogP contribution in [-0.4, -0.2) is 6.21 Å². The van der Waals surface area contributed by atoms with Gasteiger partial charge in [0, 0.05) is 12.4 Å². The Morgan fingerprint density at radius 3 is 2.64 bits per heavy atom. The molecule has 1 nitrogen and oxygen atoms in total. The molecule has 0 aromatic carbocycles. The maximum atomic E-state index is 3.99. The van der Waals surface area contributed by atoms with Crippen molar-refractivity contribution in [1.82, 2.24) is 0 Å². The summed E-state index contributed by atoms with van der Waals surface area (Å²) in [5.41, 5.74) is 0. The zero-order valence-electron chi connectivity index (χ0n) is 7.62. The molecule has 0 N–H and O–H groups in total. The molecule has 0 aromatic rings. The van der Waals surface area contributed by atoms with Gasteiger partial charge in [-0.05, 0) is 25.3 Å². The van der Waals surface area contributed by atoms with E-state index in [-0.39, 0.29) is 0 Å². The summed E-state index contributed by atoms with van der Waals surface area (Å²) in [7, 11) is 0. The first kappa shape index (κ1) is 10.2. The van der Waals surface area contributed by atoms with Crippen LogP contribution in [0.5, 0.6) is 0 Å². The lowest BCUT2D eigenvalue weighted by Crippen LogP contribution is -1.80. The van der Waals surface area contributed by atoms with Gasteiger partial charge in [-0.2, -0.15) is 0 Å². The standard InChI is InChI=1S/C10H17N/c1-4-8-11-9-6-5-7-10(2)3/h4-6,8-10H,7H2,1-3H3/b6-5-,8-4-,11-9-. The minimum Gasteiger partial charge on any atom is -0.265 e. The first-order valence-corrected chi connectivity index (χ1v) is 4.06. The monoisotopic (exact) mass is 151 g/mol. The van der Waals surface area contributed by atoms with Crippen molar-refractivity contribution in [1.29, 1.82) is 0 Å². The second-order valence-corrected chi connectivity index (χ2v) is 2.84. The van der Waals surface area contributed by atoms with Crippen molar-refractivity contribution in [3.05, 3.63) is 24.4 Å². The fourth-order valence-electron chi connectivity index (χ4n) is 0.597. The molecule has 0 radical (unpaired) electrons. The van der Waals surface area contributed by atoms with Crippen molar-refractivity contribution in [3.63, 3.8) is 0 Å². The maximum Gasteiger partial charge on any atom is 0.0264 e. The summed E-state index contributed by atoms with van der Waals surface area (Å²) in [6.45, 7) is 6.36. The average molecular weight is 151 g/mol. The zero-order chi connectivity index (χ0) is 8.53. The van der Waals surface area contributed by atoms with Crippen molar-refractivity contribution < 1.29 is 0 Å². The highest BCUT2D eigenvalue weighted by Crippen LogP contribution is 1.98. The van der Waals surface area contributed by atoms with E-state index >= 15 is 0 Å². The Balaban J connectivity index is 3.44. The number of hydrogen-bond donors (Lipinski definition) is 0. The summed E-state index contributed by atoms with van der Waals surface area (Å²) >= 11 is 0. The van der Waals surface area contributed by atoms with Crippen molar-refractivity contribution >= 4 is 6.21 Å². The van der Waals surface area contributed by atoms with Gasteiger partial charge in [-0.3, -0.25) is 4.99 Å². The third-order valence-electron chi connectivity index (χ3n) is 1.15. The van der Waals surface area contributed by atoms with Crippen LogP contribution in [0.1, 0.15) is 27.2 Å². The summed E-state index contributed by atoms with van der Waals surface area (Å²) in [5, 5.41) is 0. The lowest BCUT2D eigenvalue weighted by atomic mass is 10.1. The Labute approximate surface area is 69.5 Å². The highest BCUT2D eigenvalue weighted by atomic mass is 14.6. The molecule has 0 fully saturated rings. The molecule has 0 heterocycles. The fourth-order valence-corrected chi connectivity index (χ4v) is 0.597. The number of aliphatic imine (C=N–C) groups is 1. The normalized spacial score (nSPS) is 13.1. The topological polar surface area (TPSA) is 12.4 Å². The molecule has 0 aliphatic carbocycles. The van der Waals surface area contributed by atoms with E-state index in [1.807, 2.05) is 25.3 Å². The molecular weight excluding hydrogens is 134 g/mol. The number of hydrogen-bond acceptors (Lipinski definition) is 1. The molecule has 0 unspecified atom stereocenters. The van der Waals surface area contributed by atoms with Gasteiger partial charge >= 0.3 is 0 Å². The van der Waals surface area contributed by atoms with Crippen molar-refractivity contribution in [2.75, 3.05) is 0 Å². The second kappa shape index (κ2) is 7.26. The van der Waals surface area contributed by atoms with Gasteiger partial charge in [0.15, 0.2) is 0 Å². The van der Waals surface area contributed by atoms with E-state index in [0.29, 0.717) is 0 Å². The van der Waals surface area contributed by atoms with E-state index in [9.17, 15) is 0 Å². The van der Waals surface area contributed by atoms with Gasteiger partial charge in [-0.15, -0.1) is 0 Å². The van der Waals surface area contributed by atoms with Gasteiger partial charge in [0.2, 0.25) is 0 Å². The van der Waals surface area contributed by atoms with E-state index in [1.165, 1.54) is 0 Å². The van der Waals surface area contributed by atoms with Crippen LogP contribution in [0.2, 0.25) is 0 Å². The minimum absolute atomic E-state index is 0.737. The molecule has 0 aromatic heterocycles. The van der Waals surface area contributed by atoms with Crippen molar-refractivity contribution in [3.8, 4) is 0 Å². The summed E-state index contributed by atoms with van der Waals surface area (Å²) in [6, 6.07) is 0. The molecule has 0 saturated carbocycles. The number of nitrogens with zero attached hydrogens (tertiary/aromatic N) is 1. The summed E-state index contributed by atoms with van der Waals surface area (Å²) in [5.74, 6) is 0.737. The van der Waals surface area contributed by atoms with Gasteiger partial charge in [0.05, 0.1) is 0 Å². The van der Waals surface area contributed by atoms with Gasteiger partial charge in [0.1, 0.15) is 0 Å². The van der Waals surface area contributed by atoms with Crippen LogP contribution in [0, 0.1) is 5.92 Å². The van der Waals surface area contributed by atoms with Crippen LogP contribution in [-0.2, 0) is 0 Å². The van der Waals surface area contributed by atoms with Gasteiger partial charge in [-0.25, -0.2) is 0 Å². The molecule has 1 heteroatoms. The van der Waals surface area contributed by atoms with Gasteiger partial charge < -0.3 is 0 Å². The predicted molar refractivity (Wildman–Crippen MR) is 51.9 cm³/mol. The number of allylic oxidation sites excluding steroid dienone is 3. The molecule has 0 bridgehead atoms. The van der Waals surface area contributed by atoms with Crippen molar-refractivity contribution in [2.45, 2.75) is 27.2 Å². The summed E-state index contributed by atoms with van der Waals surface area (Å²) in [4.78, 5) is 3.99. The van der Waals surface area contributed by atoms with Crippen LogP contribution in [0.25, 0.3) is 0 Å². The molecule has 0 amide bonds. The molecule has 0 spiro atoms. The molecule has 0 atom stereocenters. The van der Waals surface area contributed by atoms with Crippen LogP contribution >= 0.6 is 0 Å². The Bertz CT molecular complexity index is 152. The Morgan fingerprint density at radius 2 is 2.09 bits per heavy atom. The second-order valence-electron chi connectivity index (χ2n) is 2.84. The number of rotatable bonds is 4. The molecule has 0 saturated heterocycles. The van der Waals surface area contributed by atoms with Gasteiger partial charge in [0.25, 0.3) is 0 Å². The SMILES string of the molecule is C\C=C/N=C\C=C/CC(C)C. The molecular formula is C10H17N. The molecule has 0 aliphatic rings. The van der Waals surface area contributed by atoms with Crippen LogP contribution < -0.4 is 0 Å². The third kappa shape index (κ3) is 9.15. The van der Waals surface area contributed by atoms with Crippen LogP contribution in [0.3, 0.4) is 0 Å². The molecule has 62 valence electrons. The quantitative estimate of drug-likeness (QED) is 0.547. The maximum absolute atomic E-state index is 3.99. The fraction of sp³-hybridized carbons (Fsp3) is 0.500. The first-order chi connectivity index (χ1) is 5.27. The van der Waals surface area contributed by atoms with Crippen LogP contribution in [0.15, 0.2) is 29.4 Å². The smallest absolute Gasteiger partial charge is 0.0264 e. The lowest BCUT2D eigenvalue weighted by molar-refractivity contribution is 0.664. The molecule has 11 heavy (non-hydrogen) atoms. The zero-order valence-corrected chi connectivity index (χ0v) is 7.62. The van der Waals surface area contributed by atoms with E-state index in [2.05, 4.69) is 24.9 Å². The third-order valence-corrected chi connectivity index (χ3v) is 1.15. The Hall–Kier alpha value is -0.850.